The van der Waals surface area contributed by atoms with Crippen molar-refractivity contribution in [3.63, 3.8) is 0 Å². The molecule has 0 saturated heterocycles. The molecular weight excluding hydrogens is 228 g/mol. The predicted octanol–water partition coefficient (Wildman–Crippen LogP) is 3.12. The Morgan fingerprint density at radius 3 is 2.83 bits per heavy atom. The molecule has 3 nitrogen and oxygen atoms in total. The van der Waals surface area contributed by atoms with Gasteiger partial charge in [0.1, 0.15) is 5.75 Å². The van der Waals surface area contributed by atoms with Crippen LogP contribution in [0.4, 0.5) is 0 Å². The molecular formula is C15H14O3. The van der Waals surface area contributed by atoms with E-state index in [1.165, 1.54) is 6.08 Å². The molecule has 92 valence electrons. The number of phenols is 1. The number of aromatic hydroxyl groups is 1. The van der Waals surface area contributed by atoms with Crippen LogP contribution in [0.2, 0.25) is 0 Å². The molecule has 0 spiro atoms. The first kappa shape index (κ1) is 12.2. The van der Waals surface area contributed by atoms with Crippen LogP contribution in [0.1, 0.15) is 12.5 Å². The molecule has 0 bridgehead atoms. The van der Waals surface area contributed by atoms with E-state index in [-0.39, 0.29) is 5.75 Å². The lowest BCUT2D eigenvalue weighted by molar-refractivity contribution is -0.137. The first-order chi connectivity index (χ1) is 8.72. The van der Waals surface area contributed by atoms with E-state index in [9.17, 15) is 9.90 Å². The molecule has 0 amide bonds. The van der Waals surface area contributed by atoms with E-state index in [1.807, 2.05) is 30.3 Å². The lowest BCUT2D eigenvalue weighted by atomic mass is 10.0. The molecule has 0 atom stereocenters. The molecule has 1 N–H and O–H groups in total. The van der Waals surface area contributed by atoms with Gasteiger partial charge in [-0.1, -0.05) is 30.3 Å². The number of hydrogen-bond acceptors (Lipinski definition) is 3. The Balaban J connectivity index is 2.43. The van der Waals surface area contributed by atoms with Crippen molar-refractivity contribution in [3.8, 4) is 5.75 Å². The Morgan fingerprint density at radius 1 is 1.28 bits per heavy atom. The lowest BCUT2D eigenvalue weighted by Gasteiger charge is -2.04. The second kappa shape index (κ2) is 5.36. The number of hydrogen-bond donors (Lipinski definition) is 1. The van der Waals surface area contributed by atoms with Gasteiger partial charge in [0.05, 0.1) is 6.61 Å². The Kier molecular flexibility index (Phi) is 3.63. The molecule has 0 aromatic heterocycles. The fourth-order valence-electron chi connectivity index (χ4n) is 1.80. The zero-order chi connectivity index (χ0) is 13.0. The number of ether oxygens (including phenoxy) is 1. The van der Waals surface area contributed by atoms with Crippen molar-refractivity contribution in [2.75, 3.05) is 6.61 Å². The van der Waals surface area contributed by atoms with Gasteiger partial charge >= 0.3 is 5.97 Å². The number of esters is 1. The molecule has 0 aliphatic rings. The topological polar surface area (TPSA) is 46.5 Å². The zero-order valence-corrected chi connectivity index (χ0v) is 10.1. The minimum absolute atomic E-state index is 0.147. The molecule has 0 aliphatic heterocycles. The van der Waals surface area contributed by atoms with Crippen molar-refractivity contribution in [2.24, 2.45) is 0 Å². The van der Waals surface area contributed by atoms with Gasteiger partial charge in [-0.2, -0.15) is 0 Å². The third kappa shape index (κ3) is 2.51. The highest BCUT2D eigenvalue weighted by molar-refractivity contribution is 5.96. The van der Waals surface area contributed by atoms with Crippen LogP contribution in [0.25, 0.3) is 16.8 Å². The average Bonchev–Trinajstić information content (AvgIpc) is 2.38. The molecule has 0 fully saturated rings. The predicted molar refractivity (Wildman–Crippen MR) is 71.3 cm³/mol. The molecule has 2 rings (SSSR count). The summed E-state index contributed by atoms with van der Waals surface area (Å²) in [5.74, 6) is -0.265. The Hall–Kier alpha value is -2.29. The number of carbonyl (C=O) groups excluding carboxylic acids is 1. The smallest absolute Gasteiger partial charge is 0.330 e. The Morgan fingerprint density at radius 2 is 2.06 bits per heavy atom. The zero-order valence-electron chi connectivity index (χ0n) is 10.1. The van der Waals surface area contributed by atoms with Gasteiger partial charge < -0.3 is 9.84 Å². The number of carbonyl (C=O) groups is 1. The van der Waals surface area contributed by atoms with Crippen molar-refractivity contribution in [2.45, 2.75) is 6.92 Å². The van der Waals surface area contributed by atoms with Gasteiger partial charge in [-0.3, -0.25) is 0 Å². The fraction of sp³-hybridized carbons (Fsp3) is 0.133. The summed E-state index contributed by atoms with van der Waals surface area (Å²) >= 11 is 0. The van der Waals surface area contributed by atoms with Crippen molar-refractivity contribution in [1.82, 2.24) is 0 Å². The second-order valence-corrected chi connectivity index (χ2v) is 3.80. The number of fused-ring (bicyclic) bond motifs is 1. The summed E-state index contributed by atoms with van der Waals surface area (Å²) < 4.78 is 4.81. The second-order valence-electron chi connectivity index (χ2n) is 3.80. The van der Waals surface area contributed by atoms with Crippen molar-refractivity contribution in [3.05, 3.63) is 48.0 Å². The summed E-state index contributed by atoms with van der Waals surface area (Å²) in [5.41, 5.74) is 0.626. The third-order valence-corrected chi connectivity index (χ3v) is 2.62. The van der Waals surface area contributed by atoms with Crippen LogP contribution in [-0.4, -0.2) is 17.7 Å². The lowest BCUT2D eigenvalue weighted by Crippen LogP contribution is -1.98. The molecule has 2 aromatic rings. The van der Waals surface area contributed by atoms with E-state index >= 15 is 0 Å². The van der Waals surface area contributed by atoms with E-state index in [0.717, 1.165) is 10.8 Å². The van der Waals surface area contributed by atoms with Crippen LogP contribution in [0.5, 0.6) is 5.75 Å². The quantitative estimate of drug-likeness (QED) is 0.664. The fourth-order valence-corrected chi connectivity index (χ4v) is 1.80. The maximum Gasteiger partial charge on any atom is 0.330 e. The first-order valence-electron chi connectivity index (χ1n) is 5.78. The largest absolute Gasteiger partial charge is 0.507 e. The van der Waals surface area contributed by atoms with Crippen molar-refractivity contribution >= 4 is 22.8 Å². The maximum absolute atomic E-state index is 11.3. The summed E-state index contributed by atoms with van der Waals surface area (Å²) in [6.45, 7) is 2.09. The summed E-state index contributed by atoms with van der Waals surface area (Å²) in [4.78, 5) is 11.3. The van der Waals surface area contributed by atoms with E-state index in [0.29, 0.717) is 12.2 Å². The molecule has 2 aromatic carbocycles. The highest BCUT2D eigenvalue weighted by Crippen LogP contribution is 2.28. The van der Waals surface area contributed by atoms with Crippen LogP contribution in [-0.2, 0) is 9.53 Å². The highest BCUT2D eigenvalue weighted by Gasteiger charge is 2.04. The normalized spacial score (nSPS) is 10.9. The van der Waals surface area contributed by atoms with Crippen LogP contribution in [0.3, 0.4) is 0 Å². The summed E-state index contributed by atoms with van der Waals surface area (Å²) in [7, 11) is 0. The summed E-state index contributed by atoms with van der Waals surface area (Å²) in [5, 5.41) is 11.8. The molecule has 0 unspecified atom stereocenters. The molecule has 0 saturated carbocycles. The van der Waals surface area contributed by atoms with Crippen molar-refractivity contribution < 1.29 is 14.6 Å². The third-order valence-electron chi connectivity index (χ3n) is 2.62. The molecule has 0 heterocycles. The summed E-state index contributed by atoms with van der Waals surface area (Å²) in [6.07, 6.45) is 2.90. The Labute approximate surface area is 105 Å². The van der Waals surface area contributed by atoms with Gasteiger partial charge in [0.15, 0.2) is 0 Å². The van der Waals surface area contributed by atoms with Crippen LogP contribution in [0, 0.1) is 0 Å². The SMILES string of the molecule is CCOC(=O)/C=C/c1c(O)ccc2ccccc12. The van der Waals surface area contributed by atoms with Gasteiger partial charge in [0.25, 0.3) is 0 Å². The molecule has 18 heavy (non-hydrogen) atoms. The van der Waals surface area contributed by atoms with Gasteiger partial charge in [-0.15, -0.1) is 0 Å². The van der Waals surface area contributed by atoms with E-state index in [1.54, 1.807) is 19.1 Å². The van der Waals surface area contributed by atoms with Gasteiger partial charge in [0, 0.05) is 11.6 Å². The van der Waals surface area contributed by atoms with Gasteiger partial charge in [-0.05, 0) is 29.8 Å². The van der Waals surface area contributed by atoms with Crippen LogP contribution < -0.4 is 0 Å². The van der Waals surface area contributed by atoms with Crippen LogP contribution in [0.15, 0.2) is 42.5 Å². The number of rotatable bonds is 3. The van der Waals surface area contributed by atoms with E-state index in [4.69, 9.17) is 4.74 Å². The molecule has 0 aliphatic carbocycles. The van der Waals surface area contributed by atoms with Crippen molar-refractivity contribution in [1.29, 1.82) is 0 Å². The van der Waals surface area contributed by atoms with E-state index in [2.05, 4.69) is 0 Å². The minimum atomic E-state index is -0.412. The highest BCUT2D eigenvalue weighted by atomic mass is 16.5. The molecule has 3 heteroatoms. The first-order valence-corrected chi connectivity index (χ1v) is 5.78. The average molecular weight is 242 g/mol. The number of benzene rings is 2. The van der Waals surface area contributed by atoms with Gasteiger partial charge in [-0.25, -0.2) is 4.79 Å². The number of phenolic OH excluding ortho intramolecular Hbond substituents is 1. The molecule has 0 radical (unpaired) electrons. The Bertz CT molecular complexity index is 600. The standard InChI is InChI=1S/C15H14O3/c1-2-18-15(17)10-8-13-12-6-4-3-5-11(12)7-9-14(13)16/h3-10,16H,2H2,1H3/b10-8+. The summed E-state index contributed by atoms with van der Waals surface area (Å²) in [6, 6.07) is 11.1. The minimum Gasteiger partial charge on any atom is -0.507 e. The van der Waals surface area contributed by atoms with Gasteiger partial charge in [0.2, 0.25) is 0 Å². The monoisotopic (exact) mass is 242 g/mol. The maximum atomic E-state index is 11.3. The van der Waals surface area contributed by atoms with E-state index < -0.39 is 5.97 Å². The van der Waals surface area contributed by atoms with Crippen LogP contribution >= 0.6 is 0 Å².